The summed E-state index contributed by atoms with van der Waals surface area (Å²) in [6, 6.07) is 4.53. The lowest BCUT2D eigenvalue weighted by Gasteiger charge is -2.45. The number of amides is 1. The molecule has 2 aliphatic heterocycles. The molecule has 2 aromatic rings. The molecule has 0 atom stereocenters. The third-order valence-corrected chi connectivity index (χ3v) is 8.29. The Morgan fingerprint density at radius 2 is 1.81 bits per heavy atom. The molecule has 4 rings (SSSR count). The van der Waals surface area contributed by atoms with Gasteiger partial charge >= 0.3 is 18.2 Å². The van der Waals surface area contributed by atoms with Crippen LogP contribution in [0.1, 0.15) is 49.7 Å². The highest BCUT2D eigenvalue weighted by atomic mass is 32.2. The van der Waals surface area contributed by atoms with E-state index in [2.05, 4.69) is 20.0 Å². The van der Waals surface area contributed by atoms with Crippen molar-refractivity contribution in [3.05, 3.63) is 41.6 Å². The maximum atomic E-state index is 13.5. The van der Waals surface area contributed by atoms with Crippen LogP contribution in [0.5, 0.6) is 0 Å². The van der Waals surface area contributed by atoms with E-state index in [0.29, 0.717) is 38.0 Å². The quantitative estimate of drug-likeness (QED) is 0.270. The molecule has 0 saturated carbocycles. The second-order valence-corrected chi connectivity index (χ2v) is 12.4. The Kier molecular flexibility index (Phi) is 9.15. The molecule has 2 aliphatic rings. The number of nitrogens with zero attached hydrogens (tertiary/aromatic N) is 4. The fourth-order valence-electron chi connectivity index (χ4n) is 5.58. The van der Waals surface area contributed by atoms with Crippen LogP contribution in [0, 0.1) is 0 Å². The molecule has 0 aliphatic carbocycles. The molecular weight excluding hydrogens is 581 g/mol. The van der Waals surface area contributed by atoms with Crippen molar-refractivity contribution in [1.82, 2.24) is 19.6 Å². The van der Waals surface area contributed by atoms with Crippen molar-refractivity contribution >= 4 is 39.3 Å². The summed E-state index contributed by atoms with van der Waals surface area (Å²) < 4.78 is 66.5. The highest BCUT2D eigenvalue weighted by molar-refractivity contribution is 7.92. The second-order valence-electron chi connectivity index (χ2n) is 10.7. The van der Waals surface area contributed by atoms with Crippen LogP contribution in [0.3, 0.4) is 0 Å². The minimum absolute atomic E-state index is 0.0377. The van der Waals surface area contributed by atoms with E-state index in [0.717, 1.165) is 42.5 Å². The number of sulfonamides is 1. The number of carboxylic acid groups (broad SMARTS) is 1. The number of likely N-dealkylation sites (tertiary alicyclic amines) is 2. The summed E-state index contributed by atoms with van der Waals surface area (Å²) >= 11 is 0. The fraction of sp³-hybridized carbons (Fsp3) is 0.538. The van der Waals surface area contributed by atoms with E-state index in [1.165, 1.54) is 18.3 Å². The van der Waals surface area contributed by atoms with Crippen LogP contribution in [0.2, 0.25) is 0 Å². The van der Waals surface area contributed by atoms with Gasteiger partial charge in [0.1, 0.15) is 0 Å². The van der Waals surface area contributed by atoms with Gasteiger partial charge in [0.25, 0.3) is 0 Å². The molecule has 0 unspecified atom stereocenters. The maximum absolute atomic E-state index is 13.5. The predicted molar refractivity (Wildman–Crippen MR) is 146 cm³/mol. The second kappa shape index (κ2) is 12.3. The number of rotatable bonds is 10. The van der Waals surface area contributed by atoms with E-state index in [-0.39, 0.29) is 42.5 Å². The number of carbonyl (C=O) groups is 3. The molecule has 0 bridgehead atoms. The monoisotopic (exact) mass is 614 g/mol. The highest BCUT2D eigenvalue weighted by Gasteiger charge is 2.44. The molecule has 230 valence electrons. The number of hydrogen-bond donors (Lipinski definition) is 3. The minimum atomic E-state index is -4.54. The molecule has 1 amide bonds. The number of piperidine rings is 1. The van der Waals surface area contributed by atoms with Crippen LogP contribution in [-0.2, 0) is 32.3 Å². The Balaban J connectivity index is 1.42. The standard InChI is InChI=1S/C26H33F3N6O6S/c1-42(40,41)32-22-7-13-35(31-22)24(39)33-14-9-25(10-15-33)8-3-12-34(25)17-18-5-6-19(26(27,28)29)16-20(18)30-11-2-4-21(36)23(37)38/h5-7,13,16,30H,2-4,8-12,14-15,17H2,1H3,(H,31,32)(H,37,38). The van der Waals surface area contributed by atoms with Crippen LogP contribution >= 0.6 is 0 Å². The zero-order valence-electron chi connectivity index (χ0n) is 23.0. The lowest BCUT2D eigenvalue weighted by molar-refractivity contribution is -0.149. The SMILES string of the molecule is CS(=O)(=O)Nc1ccn(C(=O)N2CCC3(CCCN3Cc3ccc(C(F)(F)F)cc3NCCCC(=O)C(=O)O)CC2)n1. The van der Waals surface area contributed by atoms with Crippen LogP contribution in [0.25, 0.3) is 0 Å². The molecule has 12 nitrogen and oxygen atoms in total. The Labute approximate surface area is 240 Å². The Morgan fingerprint density at radius 1 is 1.10 bits per heavy atom. The summed E-state index contributed by atoms with van der Waals surface area (Å²) in [5.41, 5.74) is -0.126. The Bertz CT molecular complexity index is 1440. The number of hydrogen-bond acceptors (Lipinski definition) is 8. The average Bonchev–Trinajstić information content (AvgIpc) is 3.52. The van der Waals surface area contributed by atoms with E-state index in [9.17, 15) is 36.0 Å². The first-order valence-electron chi connectivity index (χ1n) is 13.4. The van der Waals surface area contributed by atoms with Crippen molar-refractivity contribution < 1.29 is 41.1 Å². The molecule has 1 aromatic heterocycles. The fourth-order valence-corrected chi connectivity index (χ4v) is 6.07. The van der Waals surface area contributed by atoms with Gasteiger partial charge in [0.05, 0.1) is 11.8 Å². The molecule has 42 heavy (non-hydrogen) atoms. The molecule has 16 heteroatoms. The van der Waals surface area contributed by atoms with Crippen molar-refractivity contribution in [3.8, 4) is 0 Å². The van der Waals surface area contributed by atoms with Gasteiger partial charge in [-0.05, 0) is 56.3 Å². The molecule has 3 heterocycles. The number of nitrogens with one attached hydrogen (secondary N) is 2. The number of halogens is 3. The number of carboxylic acids is 1. The smallest absolute Gasteiger partial charge is 0.416 e. The molecule has 2 saturated heterocycles. The number of anilines is 2. The zero-order chi connectivity index (χ0) is 30.7. The van der Waals surface area contributed by atoms with Gasteiger partial charge in [-0.3, -0.25) is 14.4 Å². The summed E-state index contributed by atoms with van der Waals surface area (Å²) in [6.07, 6.45) is 0.825. The highest BCUT2D eigenvalue weighted by Crippen LogP contribution is 2.41. The van der Waals surface area contributed by atoms with Crippen molar-refractivity contribution in [2.45, 2.75) is 56.8 Å². The van der Waals surface area contributed by atoms with Crippen LogP contribution in [-0.4, -0.2) is 88.9 Å². The molecule has 3 N–H and O–H groups in total. The number of aromatic nitrogens is 2. The van der Waals surface area contributed by atoms with E-state index in [1.54, 1.807) is 4.90 Å². The Morgan fingerprint density at radius 3 is 2.45 bits per heavy atom. The lowest BCUT2D eigenvalue weighted by atomic mass is 9.84. The largest absolute Gasteiger partial charge is 0.476 e. The van der Waals surface area contributed by atoms with Gasteiger partial charge in [-0.1, -0.05) is 6.07 Å². The molecule has 0 radical (unpaired) electrons. The van der Waals surface area contributed by atoms with E-state index < -0.39 is 33.5 Å². The van der Waals surface area contributed by atoms with Gasteiger partial charge in [0.15, 0.2) is 5.82 Å². The van der Waals surface area contributed by atoms with Gasteiger partial charge < -0.3 is 15.3 Å². The predicted octanol–water partition coefficient (Wildman–Crippen LogP) is 3.22. The topological polar surface area (TPSA) is 154 Å². The van der Waals surface area contributed by atoms with Crippen LogP contribution in [0.4, 0.5) is 29.5 Å². The van der Waals surface area contributed by atoms with E-state index in [1.807, 2.05) is 0 Å². The van der Waals surface area contributed by atoms with E-state index >= 15 is 0 Å². The number of Topliss-reactive ketones (excluding diaryl/α,β-unsaturated/α-hetero) is 1. The van der Waals surface area contributed by atoms with Crippen molar-refractivity contribution in [2.75, 3.05) is 42.5 Å². The minimum Gasteiger partial charge on any atom is -0.476 e. The third kappa shape index (κ3) is 7.59. The van der Waals surface area contributed by atoms with Crippen molar-refractivity contribution in [1.29, 1.82) is 0 Å². The summed E-state index contributed by atoms with van der Waals surface area (Å²) in [7, 11) is -3.54. The maximum Gasteiger partial charge on any atom is 0.416 e. The third-order valence-electron chi connectivity index (χ3n) is 7.71. The van der Waals surface area contributed by atoms with Gasteiger partial charge in [-0.15, -0.1) is 5.10 Å². The van der Waals surface area contributed by atoms with Gasteiger partial charge in [-0.2, -0.15) is 17.9 Å². The summed E-state index contributed by atoms with van der Waals surface area (Å²) in [5.74, 6) is -2.46. The van der Waals surface area contributed by atoms with Crippen molar-refractivity contribution in [2.24, 2.45) is 0 Å². The first-order chi connectivity index (χ1) is 19.7. The average molecular weight is 615 g/mol. The lowest BCUT2D eigenvalue weighted by Crippen LogP contribution is -2.53. The summed E-state index contributed by atoms with van der Waals surface area (Å²) in [5, 5.41) is 15.7. The van der Waals surface area contributed by atoms with Gasteiger partial charge in [0.2, 0.25) is 15.8 Å². The molecule has 1 aromatic carbocycles. The molecule has 2 fully saturated rings. The Hall–Kier alpha value is -3.66. The van der Waals surface area contributed by atoms with Gasteiger partial charge in [-0.25, -0.2) is 18.0 Å². The molecular formula is C26H33F3N6O6S. The zero-order valence-corrected chi connectivity index (χ0v) is 23.8. The number of alkyl halides is 3. The van der Waals surface area contributed by atoms with Gasteiger partial charge in [0, 0.05) is 56.1 Å². The first kappa shape index (κ1) is 31.3. The normalized spacial score (nSPS) is 17.4. The van der Waals surface area contributed by atoms with Crippen LogP contribution in [0.15, 0.2) is 30.5 Å². The van der Waals surface area contributed by atoms with Crippen molar-refractivity contribution in [3.63, 3.8) is 0 Å². The first-order valence-corrected chi connectivity index (χ1v) is 15.3. The number of benzene rings is 1. The summed E-state index contributed by atoms with van der Waals surface area (Å²) in [6.45, 7) is 2.10. The number of carbonyl (C=O) groups excluding carboxylic acids is 2. The summed E-state index contributed by atoms with van der Waals surface area (Å²) in [4.78, 5) is 39.0. The van der Waals surface area contributed by atoms with E-state index in [4.69, 9.17) is 5.11 Å². The van der Waals surface area contributed by atoms with Crippen LogP contribution < -0.4 is 10.0 Å². The number of ketones is 1. The molecule has 1 spiro atoms. The number of aliphatic carboxylic acids is 1.